The Labute approximate surface area is 339 Å². The van der Waals surface area contributed by atoms with Crippen molar-refractivity contribution in [2.24, 2.45) is 0 Å². The van der Waals surface area contributed by atoms with Crippen LogP contribution in [0.2, 0.25) is 0 Å². The van der Waals surface area contributed by atoms with Crippen molar-refractivity contribution >= 4 is 38.6 Å². The number of benzene rings is 9. The first kappa shape index (κ1) is 38.6. The van der Waals surface area contributed by atoms with E-state index in [-0.39, 0.29) is 0 Å². The molecule has 0 aliphatic carbocycles. The van der Waals surface area contributed by atoms with Gasteiger partial charge in [-0.1, -0.05) is 209 Å². The van der Waals surface area contributed by atoms with E-state index in [0.29, 0.717) is 0 Å². The van der Waals surface area contributed by atoms with Crippen LogP contribution in [-0.2, 0) is 6.42 Å². The Hall–Kier alpha value is -6.70. The average Bonchev–Trinajstić information content (AvgIpc) is 3.29. The molecule has 0 spiro atoms. The normalized spacial score (nSPS) is 10.6. The van der Waals surface area contributed by atoms with E-state index in [1.807, 2.05) is 13.8 Å². The van der Waals surface area contributed by atoms with Gasteiger partial charge in [0.05, 0.1) is 0 Å². The Balaban J connectivity index is 0.000000217. The van der Waals surface area contributed by atoms with E-state index in [4.69, 9.17) is 0 Å². The topological polar surface area (TPSA) is 3.24 Å². The van der Waals surface area contributed by atoms with Crippen LogP contribution in [0.3, 0.4) is 0 Å². The maximum Gasteiger partial charge on any atom is 0.0467 e. The maximum absolute atomic E-state index is 2.35. The Morgan fingerprint density at radius 1 is 0.351 bits per heavy atom. The molecule has 0 saturated carbocycles. The zero-order chi connectivity index (χ0) is 39.4. The van der Waals surface area contributed by atoms with Crippen LogP contribution in [0.1, 0.15) is 38.3 Å². The van der Waals surface area contributed by atoms with Crippen LogP contribution in [0, 0.1) is 6.92 Å². The van der Waals surface area contributed by atoms with Crippen molar-refractivity contribution in [2.75, 3.05) is 4.90 Å². The number of hydrogen-bond donors (Lipinski definition) is 0. The monoisotopic (exact) mass is 737 g/mol. The fourth-order valence-electron chi connectivity index (χ4n) is 7.51. The van der Waals surface area contributed by atoms with Crippen LogP contribution in [0.25, 0.3) is 54.9 Å². The fourth-order valence-corrected chi connectivity index (χ4v) is 7.51. The zero-order valence-corrected chi connectivity index (χ0v) is 33.6. The summed E-state index contributed by atoms with van der Waals surface area (Å²) in [5.74, 6) is 0. The predicted molar refractivity (Wildman–Crippen MR) is 249 cm³/mol. The number of rotatable bonds is 8. The molecule has 57 heavy (non-hydrogen) atoms. The summed E-state index contributed by atoms with van der Waals surface area (Å²) in [6, 6.07) is 76.1. The summed E-state index contributed by atoms with van der Waals surface area (Å²) in [6.07, 6.45) is 2.35. The van der Waals surface area contributed by atoms with E-state index < -0.39 is 0 Å². The fraction of sp³-hybridized carbons (Fsp3) is 0.107. The molecule has 9 rings (SSSR count). The second-order valence-corrected chi connectivity index (χ2v) is 14.1. The molecule has 0 heterocycles. The van der Waals surface area contributed by atoms with Gasteiger partial charge in [0.2, 0.25) is 0 Å². The van der Waals surface area contributed by atoms with Gasteiger partial charge < -0.3 is 4.90 Å². The lowest BCUT2D eigenvalue weighted by atomic mass is 9.95. The molecule has 0 aliphatic rings. The molecule has 280 valence electrons. The molecule has 0 aromatic heterocycles. The molecule has 0 aliphatic heterocycles. The molecule has 9 aromatic rings. The third kappa shape index (κ3) is 9.07. The van der Waals surface area contributed by atoms with Crippen LogP contribution >= 0.6 is 0 Å². The van der Waals surface area contributed by atoms with Crippen LogP contribution in [-0.4, -0.2) is 0 Å². The Kier molecular flexibility index (Phi) is 12.7. The van der Waals surface area contributed by atoms with E-state index in [0.717, 1.165) is 23.5 Å². The Morgan fingerprint density at radius 3 is 1.33 bits per heavy atom. The second-order valence-electron chi connectivity index (χ2n) is 14.1. The summed E-state index contributed by atoms with van der Waals surface area (Å²) < 4.78 is 0. The van der Waals surface area contributed by atoms with Crippen molar-refractivity contribution in [3.63, 3.8) is 0 Å². The molecule has 0 unspecified atom stereocenters. The summed E-state index contributed by atoms with van der Waals surface area (Å²) in [6.45, 7) is 8.36. The van der Waals surface area contributed by atoms with Gasteiger partial charge in [0.1, 0.15) is 0 Å². The van der Waals surface area contributed by atoms with Crippen molar-refractivity contribution in [3.8, 4) is 33.4 Å². The summed E-state index contributed by atoms with van der Waals surface area (Å²) in [5, 5.41) is 5.51. The van der Waals surface area contributed by atoms with Crippen molar-refractivity contribution in [1.29, 1.82) is 0 Å². The number of hydrogen-bond acceptors (Lipinski definition) is 1. The first-order valence-corrected chi connectivity index (χ1v) is 20.3. The summed E-state index contributed by atoms with van der Waals surface area (Å²) >= 11 is 0. The molecule has 0 fully saturated rings. The van der Waals surface area contributed by atoms with Crippen LogP contribution in [0.5, 0.6) is 0 Å². The average molecular weight is 738 g/mol. The molecule has 0 saturated heterocycles. The smallest absolute Gasteiger partial charge is 0.0467 e. The van der Waals surface area contributed by atoms with Crippen molar-refractivity contribution < 1.29 is 0 Å². The Morgan fingerprint density at radius 2 is 0.789 bits per heavy atom. The molecule has 1 heteroatoms. The molecule has 1 nitrogen and oxygen atoms in total. The highest BCUT2D eigenvalue weighted by Gasteiger charge is 2.15. The van der Waals surface area contributed by atoms with Crippen molar-refractivity contribution in [2.45, 2.75) is 40.5 Å². The summed E-state index contributed by atoms with van der Waals surface area (Å²) in [5.41, 5.74) is 13.4. The quantitative estimate of drug-likeness (QED) is 0.140. The Bertz CT molecular complexity index is 2560. The highest BCUT2D eigenvalue weighted by atomic mass is 15.1. The van der Waals surface area contributed by atoms with Crippen LogP contribution in [0.15, 0.2) is 212 Å². The largest absolute Gasteiger partial charge is 0.310 e. The molecule has 0 atom stereocenters. The van der Waals surface area contributed by atoms with Gasteiger partial charge in [-0.2, -0.15) is 0 Å². The van der Waals surface area contributed by atoms with Gasteiger partial charge in [0.25, 0.3) is 0 Å². The highest BCUT2D eigenvalue weighted by Crippen LogP contribution is 2.39. The van der Waals surface area contributed by atoms with E-state index in [2.05, 4.69) is 231 Å². The first-order valence-electron chi connectivity index (χ1n) is 20.3. The third-order valence-corrected chi connectivity index (χ3v) is 10.3. The van der Waals surface area contributed by atoms with E-state index in [9.17, 15) is 0 Å². The number of nitrogens with zero attached hydrogens (tertiary/aromatic N) is 1. The first-order chi connectivity index (χ1) is 28.1. The van der Waals surface area contributed by atoms with Gasteiger partial charge >= 0.3 is 0 Å². The van der Waals surface area contributed by atoms with Gasteiger partial charge in [-0.3, -0.25) is 0 Å². The van der Waals surface area contributed by atoms with E-state index in [1.165, 1.54) is 72.5 Å². The summed E-state index contributed by atoms with van der Waals surface area (Å²) in [4.78, 5) is 2.35. The van der Waals surface area contributed by atoms with Gasteiger partial charge in [0, 0.05) is 17.1 Å². The third-order valence-electron chi connectivity index (χ3n) is 10.3. The standard InChI is InChI=1S/C37H29N.C17H16.C2H6/c1-28-18-20-31(21-19-28)32-22-24-35(25-23-32)38(36-16-8-14-33(26-36)29-10-4-2-5-11-29)37-17-9-15-34(27-37)30-12-6-3-7-13-30;1-2-7-13-12-14-8-3-4-9-16(14)17-11-6-5-10-15(13)17;1-2/h2-27H,1H3;3-6,8-12H,2,7H2,1H3;1-2H3. The highest BCUT2D eigenvalue weighted by molar-refractivity contribution is 6.09. The van der Waals surface area contributed by atoms with E-state index >= 15 is 0 Å². The van der Waals surface area contributed by atoms with Crippen LogP contribution < -0.4 is 4.90 Å². The molecular weight excluding hydrogens is 687 g/mol. The minimum Gasteiger partial charge on any atom is -0.310 e. The molecule has 0 N–H and O–H groups in total. The number of anilines is 3. The molecule has 0 radical (unpaired) electrons. The van der Waals surface area contributed by atoms with Crippen molar-refractivity contribution in [3.05, 3.63) is 223 Å². The lowest BCUT2D eigenvalue weighted by Crippen LogP contribution is -2.10. The SMILES string of the molecule is CC.CCCc1cc2ccccc2c2ccccc12.Cc1ccc(-c2ccc(N(c3cccc(-c4ccccc4)c3)c3cccc(-c4ccccc4)c3)cc2)cc1. The molecular formula is C56H51N. The molecule has 0 bridgehead atoms. The summed E-state index contributed by atoms with van der Waals surface area (Å²) in [7, 11) is 0. The minimum atomic E-state index is 1.12. The lowest BCUT2D eigenvalue weighted by molar-refractivity contribution is 0.931. The van der Waals surface area contributed by atoms with Crippen molar-refractivity contribution in [1.82, 2.24) is 0 Å². The van der Waals surface area contributed by atoms with Gasteiger partial charge in [-0.05, 0) is 110 Å². The molecule has 9 aromatic carbocycles. The number of aryl methyl sites for hydroxylation is 2. The van der Waals surface area contributed by atoms with Gasteiger partial charge in [0.15, 0.2) is 0 Å². The minimum absolute atomic E-state index is 1.12. The van der Waals surface area contributed by atoms with E-state index in [1.54, 1.807) is 0 Å². The maximum atomic E-state index is 2.35. The van der Waals surface area contributed by atoms with Crippen LogP contribution in [0.4, 0.5) is 17.1 Å². The molecule has 0 amide bonds. The lowest BCUT2D eigenvalue weighted by Gasteiger charge is -2.27. The second kappa shape index (κ2) is 18.8. The van der Waals surface area contributed by atoms with Gasteiger partial charge in [-0.25, -0.2) is 0 Å². The van der Waals surface area contributed by atoms with Gasteiger partial charge in [-0.15, -0.1) is 0 Å². The zero-order valence-electron chi connectivity index (χ0n) is 33.6. The number of fused-ring (bicyclic) bond motifs is 3. The predicted octanol–water partition coefficient (Wildman–Crippen LogP) is 16.4.